The zero-order chi connectivity index (χ0) is 21.3. The number of thioether (sulfide) groups is 1. The maximum absolute atomic E-state index is 13.2. The van der Waals surface area contributed by atoms with Crippen molar-refractivity contribution in [1.82, 2.24) is 14.5 Å². The molecule has 1 atom stereocenters. The number of ether oxygens (including phenoxy) is 1. The SMILES string of the molecule is COCCn1c(SC(C)C(=O)c2c[nH]c3ccccc23)nc2cc(Cl)ccc2c1=O. The molecule has 2 aromatic carbocycles. The Kier molecular flexibility index (Phi) is 5.94. The highest BCUT2D eigenvalue weighted by molar-refractivity contribution is 8.00. The van der Waals surface area contributed by atoms with Crippen LogP contribution in [0.3, 0.4) is 0 Å². The van der Waals surface area contributed by atoms with Crippen LogP contribution in [-0.4, -0.2) is 39.3 Å². The Morgan fingerprint density at radius 1 is 1.27 bits per heavy atom. The molecule has 0 spiro atoms. The number of methoxy groups -OCH3 is 1. The lowest BCUT2D eigenvalue weighted by molar-refractivity contribution is 0.0995. The van der Waals surface area contributed by atoms with Gasteiger partial charge in [0.25, 0.3) is 5.56 Å². The van der Waals surface area contributed by atoms with E-state index in [1.807, 2.05) is 31.2 Å². The van der Waals surface area contributed by atoms with E-state index in [9.17, 15) is 9.59 Å². The van der Waals surface area contributed by atoms with Crippen molar-refractivity contribution in [2.24, 2.45) is 0 Å². The van der Waals surface area contributed by atoms with Crippen molar-refractivity contribution in [1.29, 1.82) is 0 Å². The number of carbonyl (C=O) groups excluding carboxylic acids is 1. The minimum Gasteiger partial charge on any atom is -0.383 e. The molecule has 0 bridgehead atoms. The molecule has 0 saturated carbocycles. The van der Waals surface area contributed by atoms with E-state index in [2.05, 4.69) is 9.97 Å². The number of H-pyrrole nitrogens is 1. The summed E-state index contributed by atoms with van der Waals surface area (Å²) in [6.07, 6.45) is 1.73. The maximum atomic E-state index is 13.2. The highest BCUT2D eigenvalue weighted by Crippen LogP contribution is 2.28. The molecule has 2 heterocycles. The summed E-state index contributed by atoms with van der Waals surface area (Å²) in [5.41, 5.74) is 1.87. The minimum absolute atomic E-state index is 0.0313. The van der Waals surface area contributed by atoms with Crippen LogP contribution in [0.5, 0.6) is 0 Å². The summed E-state index contributed by atoms with van der Waals surface area (Å²) in [7, 11) is 1.58. The third kappa shape index (κ3) is 3.88. The van der Waals surface area contributed by atoms with Crippen molar-refractivity contribution in [3.05, 3.63) is 69.6 Å². The molecule has 0 saturated heterocycles. The summed E-state index contributed by atoms with van der Waals surface area (Å²) in [6, 6.07) is 12.7. The fourth-order valence-corrected chi connectivity index (χ4v) is 4.52. The predicted octanol–water partition coefficient (Wildman–Crippen LogP) is 4.54. The second-order valence-electron chi connectivity index (χ2n) is 6.88. The Morgan fingerprint density at radius 2 is 2.07 bits per heavy atom. The number of benzene rings is 2. The van der Waals surface area contributed by atoms with E-state index in [0.717, 1.165) is 10.9 Å². The lowest BCUT2D eigenvalue weighted by atomic mass is 10.1. The number of aromatic amines is 1. The van der Waals surface area contributed by atoms with Crippen molar-refractivity contribution in [3.63, 3.8) is 0 Å². The molecule has 0 fully saturated rings. The van der Waals surface area contributed by atoms with Crippen LogP contribution < -0.4 is 5.56 Å². The fraction of sp³-hybridized carbons (Fsp3) is 0.227. The monoisotopic (exact) mass is 441 g/mol. The number of ketones is 1. The number of Topliss-reactive ketones (excluding diaryl/α,β-unsaturated/α-hetero) is 1. The number of para-hydroxylation sites is 1. The zero-order valence-electron chi connectivity index (χ0n) is 16.5. The molecular weight excluding hydrogens is 422 g/mol. The van der Waals surface area contributed by atoms with Gasteiger partial charge in [0.15, 0.2) is 10.9 Å². The first-order valence-electron chi connectivity index (χ1n) is 9.45. The molecule has 6 nitrogen and oxygen atoms in total. The van der Waals surface area contributed by atoms with Crippen molar-refractivity contribution in [2.45, 2.75) is 23.9 Å². The van der Waals surface area contributed by atoms with Gasteiger partial charge in [-0.15, -0.1) is 0 Å². The van der Waals surface area contributed by atoms with Gasteiger partial charge in [0.05, 0.1) is 29.3 Å². The largest absolute Gasteiger partial charge is 0.383 e. The zero-order valence-corrected chi connectivity index (χ0v) is 18.1. The van der Waals surface area contributed by atoms with E-state index in [1.165, 1.54) is 11.8 Å². The molecule has 2 aromatic heterocycles. The van der Waals surface area contributed by atoms with Crippen molar-refractivity contribution >= 4 is 51.0 Å². The topological polar surface area (TPSA) is 77.0 Å². The quantitative estimate of drug-likeness (QED) is 0.259. The van der Waals surface area contributed by atoms with E-state index in [4.69, 9.17) is 16.3 Å². The molecular formula is C22H20ClN3O3S. The van der Waals surface area contributed by atoms with Crippen LogP contribution in [0.4, 0.5) is 0 Å². The Balaban J connectivity index is 1.72. The lowest BCUT2D eigenvalue weighted by Gasteiger charge is -2.15. The second-order valence-corrected chi connectivity index (χ2v) is 8.62. The first-order valence-corrected chi connectivity index (χ1v) is 10.7. The number of hydrogen-bond donors (Lipinski definition) is 1. The molecule has 4 aromatic rings. The molecule has 1 unspecified atom stereocenters. The van der Waals surface area contributed by atoms with Gasteiger partial charge in [0.1, 0.15) is 0 Å². The maximum Gasteiger partial charge on any atom is 0.262 e. The molecule has 0 radical (unpaired) electrons. The van der Waals surface area contributed by atoms with E-state index >= 15 is 0 Å². The number of nitrogens with one attached hydrogen (secondary N) is 1. The van der Waals surface area contributed by atoms with Gasteiger partial charge in [-0.05, 0) is 31.2 Å². The van der Waals surface area contributed by atoms with Crippen LogP contribution >= 0.6 is 23.4 Å². The summed E-state index contributed by atoms with van der Waals surface area (Å²) < 4.78 is 6.72. The highest BCUT2D eigenvalue weighted by atomic mass is 35.5. The predicted molar refractivity (Wildman–Crippen MR) is 121 cm³/mol. The minimum atomic E-state index is -0.443. The van der Waals surface area contributed by atoms with Gasteiger partial charge in [0, 0.05) is 34.8 Å². The van der Waals surface area contributed by atoms with Crippen molar-refractivity contribution < 1.29 is 9.53 Å². The van der Waals surface area contributed by atoms with Gasteiger partial charge in [-0.1, -0.05) is 41.6 Å². The summed E-state index contributed by atoms with van der Waals surface area (Å²) in [4.78, 5) is 34.0. The number of fused-ring (bicyclic) bond motifs is 2. The molecule has 1 N–H and O–H groups in total. The Hall–Kier alpha value is -2.61. The highest BCUT2D eigenvalue weighted by Gasteiger charge is 2.22. The summed E-state index contributed by atoms with van der Waals surface area (Å²) >= 11 is 7.35. The van der Waals surface area contributed by atoms with Crippen LogP contribution in [0.1, 0.15) is 17.3 Å². The van der Waals surface area contributed by atoms with Gasteiger partial charge in [-0.25, -0.2) is 4.98 Å². The molecule has 4 rings (SSSR count). The van der Waals surface area contributed by atoms with Crippen LogP contribution in [0.2, 0.25) is 5.02 Å². The molecule has 30 heavy (non-hydrogen) atoms. The number of rotatable bonds is 7. The van der Waals surface area contributed by atoms with Gasteiger partial charge < -0.3 is 9.72 Å². The van der Waals surface area contributed by atoms with Gasteiger partial charge in [-0.2, -0.15) is 0 Å². The van der Waals surface area contributed by atoms with Gasteiger partial charge >= 0.3 is 0 Å². The average Bonchev–Trinajstić information content (AvgIpc) is 3.17. The van der Waals surface area contributed by atoms with Crippen molar-refractivity contribution in [3.8, 4) is 0 Å². The van der Waals surface area contributed by atoms with Crippen LogP contribution in [-0.2, 0) is 11.3 Å². The van der Waals surface area contributed by atoms with E-state index in [1.54, 1.807) is 36.1 Å². The fourth-order valence-electron chi connectivity index (χ4n) is 3.35. The summed E-state index contributed by atoms with van der Waals surface area (Å²) in [5, 5.41) is 1.89. The van der Waals surface area contributed by atoms with Crippen LogP contribution in [0.15, 0.2) is 58.6 Å². The molecule has 0 aliphatic carbocycles. The Labute approximate surface area is 182 Å². The number of aromatic nitrogens is 3. The first-order chi connectivity index (χ1) is 14.5. The van der Waals surface area contributed by atoms with Crippen LogP contribution in [0.25, 0.3) is 21.8 Å². The molecule has 8 heteroatoms. The average molecular weight is 442 g/mol. The van der Waals surface area contributed by atoms with Gasteiger partial charge in [0.2, 0.25) is 0 Å². The molecule has 0 amide bonds. The van der Waals surface area contributed by atoms with E-state index in [-0.39, 0.29) is 11.3 Å². The Morgan fingerprint density at radius 3 is 2.87 bits per heavy atom. The summed E-state index contributed by atoms with van der Waals surface area (Å²) in [5.74, 6) is -0.0313. The Bertz CT molecular complexity index is 1300. The number of hydrogen-bond acceptors (Lipinski definition) is 5. The van der Waals surface area contributed by atoms with Gasteiger partial charge in [-0.3, -0.25) is 14.2 Å². The second kappa shape index (κ2) is 8.63. The lowest BCUT2D eigenvalue weighted by Crippen LogP contribution is -2.26. The van der Waals surface area contributed by atoms with E-state index in [0.29, 0.717) is 39.8 Å². The van der Waals surface area contributed by atoms with Crippen LogP contribution in [0, 0.1) is 0 Å². The first kappa shape index (κ1) is 20.7. The molecule has 0 aliphatic rings. The van der Waals surface area contributed by atoms with Crippen molar-refractivity contribution in [2.75, 3.05) is 13.7 Å². The third-order valence-corrected chi connectivity index (χ3v) is 6.23. The molecule has 154 valence electrons. The van der Waals surface area contributed by atoms with E-state index < -0.39 is 5.25 Å². The number of halogens is 1. The smallest absolute Gasteiger partial charge is 0.262 e. The normalized spacial score (nSPS) is 12.5. The number of nitrogens with zero attached hydrogens (tertiary/aromatic N) is 2. The summed E-state index contributed by atoms with van der Waals surface area (Å²) in [6.45, 7) is 2.53. The standard InChI is InChI=1S/C22H20ClN3O3S/c1-13(20(27)17-12-24-18-6-4-3-5-15(17)18)30-22-25-19-11-14(23)7-8-16(19)21(28)26(22)9-10-29-2/h3-8,11-13,24H,9-10H2,1-2H3. The third-order valence-electron chi connectivity index (χ3n) is 4.91. The number of carbonyl (C=O) groups is 1. The molecule has 0 aliphatic heterocycles.